The maximum atomic E-state index is 13.2. The molecule has 0 saturated carbocycles. The Morgan fingerprint density at radius 3 is 2.41 bits per heavy atom. The Labute approximate surface area is 257 Å². The largest absolute Gasteiger partial charge is 0.469 e. The first-order chi connectivity index (χ1) is 21.4. The van der Waals surface area contributed by atoms with E-state index in [0.29, 0.717) is 43.5 Å². The molecule has 1 aromatic heterocycles. The lowest BCUT2D eigenvalue weighted by Gasteiger charge is -2.40. The normalized spacial score (nSPS) is 15.2. The van der Waals surface area contributed by atoms with Crippen molar-refractivity contribution in [3.63, 3.8) is 0 Å². The van der Waals surface area contributed by atoms with Crippen LogP contribution in [-0.2, 0) is 45.2 Å². The molecule has 1 saturated heterocycles. The number of likely N-dealkylation sites (tertiary alicyclic amines) is 1. The molecule has 5 rings (SSSR count). The van der Waals surface area contributed by atoms with Gasteiger partial charge in [0.05, 0.1) is 36.2 Å². The number of carbonyl (C=O) groups excluding carboxylic acids is 2. The Balaban J connectivity index is 1.21. The highest BCUT2D eigenvalue weighted by Gasteiger charge is 2.42. The molecule has 3 aromatic carbocycles. The SMILES string of the molecule is COC(=O)C1(Cc2cccc(C(N)C(=O)OCc3ccccc3)c2)CCN(Cc2cncn2Cc2ccc(C#N)cc2)CC1. The first-order valence-electron chi connectivity index (χ1n) is 14.7. The Hall–Kier alpha value is -4.78. The molecule has 0 radical (unpaired) electrons. The van der Waals surface area contributed by atoms with Crippen LogP contribution in [0.5, 0.6) is 0 Å². The van der Waals surface area contributed by atoms with E-state index in [2.05, 4.69) is 20.5 Å². The Morgan fingerprint density at radius 2 is 1.70 bits per heavy atom. The van der Waals surface area contributed by atoms with Gasteiger partial charge in [-0.3, -0.25) is 9.69 Å². The molecule has 2 heterocycles. The van der Waals surface area contributed by atoms with Gasteiger partial charge in [-0.05, 0) is 66.7 Å². The number of esters is 2. The number of methoxy groups -OCH3 is 1. The van der Waals surface area contributed by atoms with E-state index in [0.717, 1.165) is 35.5 Å². The standard InChI is InChI=1S/C35H37N5O4/c1-43-34(42)35(19-29-8-5-9-30(18-29)32(37)33(41)44-24-28-6-3-2-4-7-28)14-16-39(17-15-35)23-31-21-38-25-40(31)22-27-12-10-26(20-36)11-13-27/h2-13,18,21,25,32H,14-17,19,22-24,37H2,1H3. The predicted molar refractivity (Wildman–Crippen MR) is 165 cm³/mol. The molecule has 0 aliphatic carbocycles. The molecular formula is C35H37N5O4. The molecule has 1 aliphatic rings. The summed E-state index contributed by atoms with van der Waals surface area (Å²) in [4.78, 5) is 32.6. The number of imidazole rings is 1. The maximum Gasteiger partial charge on any atom is 0.327 e. The van der Waals surface area contributed by atoms with Crippen molar-refractivity contribution < 1.29 is 19.1 Å². The van der Waals surface area contributed by atoms with Gasteiger partial charge in [-0.2, -0.15) is 5.26 Å². The Morgan fingerprint density at radius 1 is 0.977 bits per heavy atom. The van der Waals surface area contributed by atoms with Gasteiger partial charge in [-0.1, -0.05) is 66.7 Å². The van der Waals surface area contributed by atoms with Gasteiger partial charge in [-0.15, -0.1) is 0 Å². The molecule has 1 fully saturated rings. The van der Waals surface area contributed by atoms with Crippen LogP contribution in [-0.4, -0.2) is 46.6 Å². The van der Waals surface area contributed by atoms with Crippen LogP contribution in [0.4, 0.5) is 0 Å². The zero-order valence-corrected chi connectivity index (χ0v) is 24.9. The second-order valence-corrected chi connectivity index (χ2v) is 11.4. The highest BCUT2D eigenvalue weighted by molar-refractivity contribution is 5.78. The lowest BCUT2D eigenvalue weighted by Crippen LogP contribution is -2.46. The van der Waals surface area contributed by atoms with Crippen molar-refractivity contribution in [3.05, 3.63) is 125 Å². The molecule has 0 spiro atoms. The summed E-state index contributed by atoms with van der Waals surface area (Å²) in [6.45, 7) is 2.98. The zero-order chi connectivity index (χ0) is 30.9. The lowest BCUT2D eigenvalue weighted by atomic mass is 9.73. The second-order valence-electron chi connectivity index (χ2n) is 11.4. The zero-order valence-electron chi connectivity index (χ0n) is 24.9. The van der Waals surface area contributed by atoms with Gasteiger partial charge >= 0.3 is 11.9 Å². The number of nitrogens with two attached hydrogens (primary N) is 1. The van der Waals surface area contributed by atoms with Crippen molar-refractivity contribution in [2.75, 3.05) is 20.2 Å². The van der Waals surface area contributed by atoms with Gasteiger partial charge in [0.15, 0.2) is 0 Å². The average molecular weight is 592 g/mol. The summed E-state index contributed by atoms with van der Waals surface area (Å²) in [7, 11) is 1.44. The van der Waals surface area contributed by atoms with Crippen molar-refractivity contribution >= 4 is 11.9 Å². The van der Waals surface area contributed by atoms with E-state index < -0.39 is 17.4 Å². The first kappa shape index (κ1) is 30.7. The van der Waals surface area contributed by atoms with Gasteiger partial charge < -0.3 is 19.8 Å². The number of carbonyl (C=O) groups is 2. The van der Waals surface area contributed by atoms with Crippen LogP contribution in [0.2, 0.25) is 0 Å². The van der Waals surface area contributed by atoms with Crippen molar-refractivity contribution in [1.29, 1.82) is 5.26 Å². The minimum Gasteiger partial charge on any atom is -0.469 e. The smallest absolute Gasteiger partial charge is 0.327 e. The molecule has 44 heavy (non-hydrogen) atoms. The first-order valence-corrected chi connectivity index (χ1v) is 14.7. The number of nitrogens with zero attached hydrogens (tertiary/aromatic N) is 4. The monoisotopic (exact) mass is 591 g/mol. The van der Waals surface area contributed by atoms with Crippen LogP contribution >= 0.6 is 0 Å². The quantitative estimate of drug-likeness (QED) is 0.252. The highest BCUT2D eigenvalue weighted by atomic mass is 16.5. The van der Waals surface area contributed by atoms with Gasteiger partial charge in [-0.25, -0.2) is 9.78 Å². The third-order valence-electron chi connectivity index (χ3n) is 8.38. The van der Waals surface area contributed by atoms with Gasteiger partial charge in [0, 0.05) is 19.3 Å². The Kier molecular flexibility index (Phi) is 9.85. The topological polar surface area (TPSA) is 123 Å². The van der Waals surface area contributed by atoms with E-state index in [1.165, 1.54) is 7.11 Å². The third kappa shape index (κ3) is 7.40. The molecule has 4 aromatic rings. The molecular weight excluding hydrogens is 554 g/mol. The van der Waals surface area contributed by atoms with Crippen LogP contribution in [0.15, 0.2) is 91.4 Å². The number of nitriles is 1. The lowest BCUT2D eigenvalue weighted by molar-refractivity contribution is -0.156. The van der Waals surface area contributed by atoms with Crippen LogP contribution in [0.3, 0.4) is 0 Å². The molecule has 0 amide bonds. The van der Waals surface area contributed by atoms with Gasteiger partial charge in [0.25, 0.3) is 0 Å². The van der Waals surface area contributed by atoms with Crippen molar-refractivity contribution in [2.45, 2.75) is 45.0 Å². The number of hydrogen-bond donors (Lipinski definition) is 1. The molecule has 2 N–H and O–H groups in total. The minimum atomic E-state index is -0.927. The summed E-state index contributed by atoms with van der Waals surface area (Å²) in [6.07, 6.45) is 5.47. The molecule has 9 nitrogen and oxygen atoms in total. The number of piperidine rings is 1. The van der Waals surface area contributed by atoms with Crippen molar-refractivity contribution in [1.82, 2.24) is 14.5 Å². The fraction of sp³-hybridized carbons (Fsp3) is 0.314. The van der Waals surface area contributed by atoms with Crippen molar-refractivity contribution in [3.8, 4) is 6.07 Å². The number of aromatic nitrogens is 2. The van der Waals surface area contributed by atoms with Crippen LogP contribution in [0.25, 0.3) is 0 Å². The number of rotatable bonds is 11. The molecule has 9 heteroatoms. The maximum absolute atomic E-state index is 13.2. The van der Waals surface area contributed by atoms with E-state index in [1.54, 1.807) is 0 Å². The average Bonchev–Trinajstić information content (AvgIpc) is 3.50. The second kappa shape index (κ2) is 14.1. The van der Waals surface area contributed by atoms with E-state index >= 15 is 0 Å². The molecule has 1 aliphatic heterocycles. The predicted octanol–water partition coefficient (Wildman–Crippen LogP) is 4.54. The summed E-state index contributed by atoms with van der Waals surface area (Å²) in [5, 5.41) is 9.06. The molecule has 0 bridgehead atoms. The molecule has 1 atom stereocenters. The van der Waals surface area contributed by atoms with Crippen LogP contribution in [0.1, 0.15) is 52.4 Å². The highest BCUT2D eigenvalue weighted by Crippen LogP contribution is 2.37. The fourth-order valence-corrected chi connectivity index (χ4v) is 5.78. The number of benzene rings is 3. The molecule has 1 unspecified atom stereocenters. The Bertz CT molecular complexity index is 1600. The van der Waals surface area contributed by atoms with Gasteiger partial charge in [0.2, 0.25) is 0 Å². The summed E-state index contributed by atoms with van der Waals surface area (Å²) < 4.78 is 12.9. The number of hydrogen-bond acceptors (Lipinski definition) is 8. The summed E-state index contributed by atoms with van der Waals surface area (Å²) in [6, 6.07) is 25.8. The van der Waals surface area contributed by atoms with Crippen molar-refractivity contribution in [2.24, 2.45) is 11.1 Å². The van der Waals surface area contributed by atoms with Crippen LogP contribution in [0, 0.1) is 16.7 Å². The number of ether oxygens (including phenoxy) is 2. The van der Waals surface area contributed by atoms with E-state index in [9.17, 15) is 9.59 Å². The third-order valence-corrected chi connectivity index (χ3v) is 8.38. The fourth-order valence-electron chi connectivity index (χ4n) is 5.78. The summed E-state index contributed by atoms with van der Waals surface area (Å²) >= 11 is 0. The van der Waals surface area contributed by atoms with Gasteiger partial charge in [0.1, 0.15) is 12.6 Å². The summed E-state index contributed by atoms with van der Waals surface area (Å²) in [5.41, 5.74) is 10.9. The van der Waals surface area contributed by atoms with E-state index in [-0.39, 0.29) is 12.6 Å². The minimum absolute atomic E-state index is 0.158. The molecule has 226 valence electrons. The van der Waals surface area contributed by atoms with Crippen LogP contribution < -0.4 is 5.73 Å². The van der Waals surface area contributed by atoms with E-state index in [1.807, 2.05) is 91.4 Å². The van der Waals surface area contributed by atoms with E-state index in [4.69, 9.17) is 20.5 Å². The summed E-state index contributed by atoms with van der Waals surface area (Å²) in [5.74, 6) is -0.722.